The van der Waals surface area contributed by atoms with Gasteiger partial charge in [-0.2, -0.15) is 0 Å². The normalized spacial score (nSPS) is 12.1. The third-order valence-corrected chi connectivity index (χ3v) is 5.92. The maximum atomic E-state index is 13.7. The molecule has 0 fully saturated rings. The number of hydrogen-bond acceptors (Lipinski definition) is 5. The summed E-state index contributed by atoms with van der Waals surface area (Å²) in [5.41, 5.74) is 0.0666. The van der Waals surface area contributed by atoms with Crippen LogP contribution < -0.4 is 14.9 Å². The molecule has 0 aliphatic carbocycles. The van der Waals surface area contributed by atoms with Gasteiger partial charge in [0.1, 0.15) is 11.8 Å². The van der Waals surface area contributed by atoms with E-state index in [0.717, 1.165) is 18.4 Å². The van der Waals surface area contributed by atoms with E-state index >= 15 is 0 Å². The number of amides is 2. The topological polar surface area (TPSA) is 109 Å². The maximum Gasteiger partial charge on any atom is 0.253 e. The monoisotopic (exact) mass is 477 g/mol. The molecule has 0 aliphatic rings. The van der Waals surface area contributed by atoms with E-state index in [4.69, 9.17) is 4.42 Å². The van der Waals surface area contributed by atoms with Crippen molar-refractivity contribution in [2.45, 2.75) is 19.5 Å². The number of para-hydroxylation sites is 1. The van der Waals surface area contributed by atoms with Crippen molar-refractivity contribution >= 4 is 33.2 Å². The molecular weight excluding hydrogens is 456 g/mol. The zero-order valence-corrected chi connectivity index (χ0v) is 18.5. The van der Waals surface area contributed by atoms with E-state index in [0.29, 0.717) is 16.1 Å². The van der Waals surface area contributed by atoms with Crippen LogP contribution in [-0.2, 0) is 21.4 Å². The minimum absolute atomic E-state index is 0.127. The maximum absolute atomic E-state index is 13.7. The van der Waals surface area contributed by atoms with E-state index in [9.17, 15) is 26.8 Å². The Morgan fingerprint density at radius 1 is 1.06 bits per heavy atom. The van der Waals surface area contributed by atoms with Crippen molar-refractivity contribution in [1.82, 2.24) is 5.32 Å². The fraction of sp³-hybridized carbons (Fsp3) is 0.182. The summed E-state index contributed by atoms with van der Waals surface area (Å²) < 4.78 is 57.6. The molecule has 0 unspecified atom stereocenters. The van der Waals surface area contributed by atoms with Gasteiger partial charge in [0.15, 0.2) is 11.6 Å². The molecule has 0 bridgehead atoms. The highest BCUT2D eigenvalue weighted by atomic mass is 32.2. The number of nitrogens with one attached hydrogen (secondary N) is 2. The first kappa shape index (κ1) is 23.9. The Hall–Kier alpha value is -3.73. The van der Waals surface area contributed by atoms with Crippen molar-refractivity contribution in [2.24, 2.45) is 0 Å². The van der Waals surface area contributed by atoms with Gasteiger partial charge in [0, 0.05) is 6.07 Å². The molecule has 0 radical (unpaired) electrons. The minimum atomic E-state index is -4.05. The lowest BCUT2D eigenvalue weighted by Gasteiger charge is -2.28. The van der Waals surface area contributed by atoms with Crippen molar-refractivity contribution in [1.29, 1.82) is 0 Å². The van der Waals surface area contributed by atoms with Crippen molar-refractivity contribution in [2.75, 3.05) is 15.9 Å². The molecule has 2 aromatic carbocycles. The molecule has 33 heavy (non-hydrogen) atoms. The lowest BCUT2D eigenvalue weighted by atomic mass is 10.1. The number of halogens is 2. The average Bonchev–Trinajstić information content (AvgIpc) is 3.27. The highest BCUT2D eigenvalue weighted by molar-refractivity contribution is 7.92. The van der Waals surface area contributed by atoms with Crippen LogP contribution in [0.2, 0.25) is 0 Å². The summed E-state index contributed by atoms with van der Waals surface area (Å²) in [7, 11) is -4.05. The summed E-state index contributed by atoms with van der Waals surface area (Å²) in [6.45, 7) is 1.42. The van der Waals surface area contributed by atoms with Gasteiger partial charge < -0.3 is 15.1 Å². The number of anilines is 2. The van der Waals surface area contributed by atoms with Crippen LogP contribution in [0.1, 0.15) is 23.0 Å². The SMILES string of the molecule is C[C@@H](C(=O)Nc1ccccc1C(=O)NCc1ccco1)N(c1ccc(F)c(F)c1)S(C)(=O)=O. The van der Waals surface area contributed by atoms with E-state index in [1.807, 2.05) is 0 Å². The first-order valence-electron chi connectivity index (χ1n) is 9.73. The van der Waals surface area contributed by atoms with Gasteiger partial charge in [-0.05, 0) is 43.3 Å². The molecule has 8 nitrogen and oxygen atoms in total. The number of nitrogens with zero attached hydrogens (tertiary/aromatic N) is 1. The van der Waals surface area contributed by atoms with Crippen molar-refractivity contribution in [3.63, 3.8) is 0 Å². The number of rotatable bonds is 8. The van der Waals surface area contributed by atoms with E-state index in [-0.39, 0.29) is 23.5 Å². The van der Waals surface area contributed by atoms with Crippen LogP contribution in [0.3, 0.4) is 0 Å². The molecule has 0 aliphatic heterocycles. The van der Waals surface area contributed by atoms with Crippen molar-refractivity contribution in [3.8, 4) is 0 Å². The molecule has 0 saturated heterocycles. The van der Waals surface area contributed by atoms with Gasteiger partial charge in [-0.3, -0.25) is 13.9 Å². The van der Waals surface area contributed by atoms with Gasteiger partial charge >= 0.3 is 0 Å². The highest BCUT2D eigenvalue weighted by Crippen LogP contribution is 2.24. The summed E-state index contributed by atoms with van der Waals surface area (Å²) >= 11 is 0. The lowest BCUT2D eigenvalue weighted by Crippen LogP contribution is -2.45. The Labute approximate surface area is 189 Å². The third-order valence-electron chi connectivity index (χ3n) is 4.68. The second-order valence-electron chi connectivity index (χ2n) is 7.13. The quantitative estimate of drug-likeness (QED) is 0.518. The van der Waals surface area contributed by atoms with E-state index in [1.54, 1.807) is 24.3 Å². The van der Waals surface area contributed by atoms with Gasteiger partial charge in [0.25, 0.3) is 5.91 Å². The molecule has 2 N–H and O–H groups in total. The summed E-state index contributed by atoms with van der Waals surface area (Å²) in [5, 5.41) is 5.20. The lowest BCUT2D eigenvalue weighted by molar-refractivity contribution is -0.116. The Bertz CT molecular complexity index is 1260. The predicted molar refractivity (Wildman–Crippen MR) is 118 cm³/mol. The van der Waals surface area contributed by atoms with Crippen LogP contribution in [0.15, 0.2) is 65.3 Å². The second kappa shape index (κ2) is 9.82. The molecule has 11 heteroatoms. The predicted octanol–water partition coefficient (Wildman–Crippen LogP) is 3.28. The minimum Gasteiger partial charge on any atom is -0.467 e. The average molecular weight is 477 g/mol. The number of carbonyl (C=O) groups is 2. The first-order chi connectivity index (χ1) is 15.6. The smallest absolute Gasteiger partial charge is 0.253 e. The highest BCUT2D eigenvalue weighted by Gasteiger charge is 2.30. The zero-order chi connectivity index (χ0) is 24.2. The molecule has 2 amide bonds. The van der Waals surface area contributed by atoms with Crippen LogP contribution in [-0.4, -0.2) is 32.5 Å². The molecule has 1 heterocycles. The number of furan rings is 1. The molecule has 0 spiro atoms. The van der Waals surface area contributed by atoms with Crippen molar-refractivity contribution < 1.29 is 31.2 Å². The Morgan fingerprint density at radius 2 is 1.79 bits per heavy atom. The molecule has 3 rings (SSSR count). The van der Waals surface area contributed by atoms with Crippen LogP contribution in [0.25, 0.3) is 0 Å². The fourth-order valence-electron chi connectivity index (χ4n) is 3.13. The third kappa shape index (κ3) is 5.75. The van der Waals surface area contributed by atoms with Crippen LogP contribution in [0.4, 0.5) is 20.2 Å². The molecule has 1 aromatic heterocycles. The summed E-state index contributed by atoms with van der Waals surface area (Å²) in [6, 6.07) is 10.7. The number of sulfonamides is 1. The molecule has 3 aromatic rings. The molecule has 1 atom stereocenters. The first-order valence-corrected chi connectivity index (χ1v) is 11.6. The standard InChI is InChI=1S/C22H21F2N3O5S/c1-14(27(33(2,30)31)15-9-10-18(23)19(24)12-15)21(28)26-20-8-4-3-7-17(20)22(29)25-13-16-6-5-11-32-16/h3-12,14H,13H2,1-2H3,(H,25,29)(H,26,28)/t14-/m0/s1. The van der Waals surface area contributed by atoms with E-state index in [1.165, 1.54) is 25.3 Å². The molecule has 174 valence electrons. The number of hydrogen-bond donors (Lipinski definition) is 2. The van der Waals surface area contributed by atoms with Gasteiger partial charge in [-0.1, -0.05) is 12.1 Å². The largest absolute Gasteiger partial charge is 0.467 e. The van der Waals surface area contributed by atoms with Crippen molar-refractivity contribution in [3.05, 3.63) is 83.8 Å². The van der Waals surface area contributed by atoms with Crippen LogP contribution in [0, 0.1) is 11.6 Å². The molecule has 0 saturated carbocycles. The summed E-state index contributed by atoms with van der Waals surface area (Å²) in [5.74, 6) is -3.15. The Kier molecular flexibility index (Phi) is 7.12. The molecular formula is C22H21F2N3O5S. The summed E-state index contributed by atoms with van der Waals surface area (Å²) in [4.78, 5) is 25.5. The van der Waals surface area contributed by atoms with Crippen LogP contribution >= 0.6 is 0 Å². The van der Waals surface area contributed by atoms with Gasteiger partial charge in [0.2, 0.25) is 15.9 Å². The van der Waals surface area contributed by atoms with Gasteiger partial charge in [0.05, 0.1) is 36.0 Å². The van der Waals surface area contributed by atoms with Gasteiger partial charge in [-0.15, -0.1) is 0 Å². The van der Waals surface area contributed by atoms with E-state index < -0.39 is 39.5 Å². The number of carbonyl (C=O) groups excluding carboxylic acids is 2. The summed E-state index contributed by atoms with van der Waals surface area (Å²) in [6.07, 6.45) is 2.31. The fourth-order valence-corrected chi connectivity index (χ4v) is 4.30. The second-order valence-corrected chi connectivity index (χ2v) is 8.99. The Morgan fingerprint density at radius 3 is 2.42 bits per heavy atom. The van der Waals surface area contributed by atoms with Gasteiger partial charge in [-0.25, -0.2) is 17.2 Å². The zero-order valence-electron chi connectivity index (χ0n) is 17.7. The Balaban J connectivity index is 1.82. The van der Waals surface area contributed by atoms with Crippen LogP contribution in [0.5, 0.6) is 0 Å². The number of benzene rings is 2. The van der Waals surface area contributed by atoms with E-state index in [2.05, 4.69) is 10.6 Å².